The van der Waals surface area contributed by atoms with Crippen LogP contribution in [0, 0.1) is 5.92 Å². The highest BCUT2D eigenvalue weighted by Crippen LogP contribution is 2.21. The maximum atomic E-state index is 12.3. The van der Waals surface area contributed by atoms with Gasteiger partial charge in [-0.05, 0) is 36.5 Å². The molecule has 5 heteroatoms. The standard InChI is InChI=1S/C15H20N2O3/c16-10-12-1-3-13(4-2-12)15(20)17-7-5-11(6-8-17)9-14(18)19/h1-4,11H,5-10,16H2,(H,18,19). The Kier molecular flexibility index (Phi) is 4.74. The van der Waals surface area contributed by atoms with E-state index < -0.39 is 5.97 Å². The number of carbonyl (C=O) groups is 2. The molecule has 20 heavy (non-hydrogen) atoms. The van der Waals surface area contributed by atoms with Crippen molar-refractivity contribution in [3.05, 3.63) is 35.4 Å². The second-order valence-electron chi connectivity index (χ2n) is 5.23. The number of nitrogens with two attached hydrogens (primary N) is 1. The number of carbonyl (C=O) groups excluding carboxylic acids is 1. The Labute approximate surface area is 118 Å². The number of rotatable bonds is 4. The summed E-state index contributed by atoms with van der Waals surface area (Å²) in [5.74, 6) is -0.550. The third-order valence-electron chi connectivity index (χ3n) is 3.80. The van der Waals surface area contributed by atoms with E-state index in [1.54, 1.807) is 17.0 Å². The van der Waals surface area contributed by atoms with Crippen molar-refractivity contribution in [3.63, 3.8) is 0 Å². The number of carboxylic acids is 1. The van der Waals surface area contributed by atoms with Crippen LogP contribution in [0.1, 0.15) is 35.2 Å². The highest BCUT2D eigenvalue weighted by Gasteiger charge is 2.24. The monoisotopic (exact) mass is 276 g/mol. The van der Waals surface area contributed by atoms with Crippen molar-refractivity contribution in [1.82, 2.24) is 4.90 Å². The third kappa shape index (κ3) is 3.57. The maximum Gasteiger partial charge on any atom is 0.303 e. The first-order chi connectivity index (χ1) is 9.60. The van der Waals surface area contributed by atoms with Crippen molar-refractivity contribution in [1.29, 1.82) is 0 Å². The first-order valence-electron chi connectivity index (χ1n) is 6.90. The Morgan fingerprint density at radius 2 is 1.80 bits per heavy atom. The molecule has 0 spiro atoms. The number of hydrogen-bond acceptors (Lipinski definition) is 3. The molecule has 0 unspecified atom stereocenters. The van der Waals surface area contributed by atoms with Crippen LogP contribution >= 0.6 is 0 Å². The van der Waals surface area contributed by atoms with Crippen LogP contribution in [-0.2, 0) is 11.3 Å². The summed E-state index contributed by atoms with van der Waals surface area (Å²) in [4.78, 5) is 24.8. The molecule has 1 aromatic rings. The molecule has 0 bridgehead atoms. The van der Waals surface area contributed by atoms with Crippen molar-refractivity contribution in [3.8, 4) is 0 Å². The van der Waals surface area contributed by atoms with E-state index in [1.165, 1.54) is 0 Å². The number of aliphatic carboxylic acids is 1. The summed E-state index contributed by atoms with van der Waals surface area (Å²) in [7, 11) is 0. The van der Waals surface area contributed by atoms with Gasteiger partial charge in [-0.1, -0.05) is 12.1 Å². The average molecular weight is 276 g/mol. The van der Waals surface area contributed by atoms with Gasteiger partial charge in [0.15, 0.2) is 0 Å². The molecular weight excluding hydrogens is 256 g/mol. The van der Waals surface area contributed by atoms with E-state index in [-0.39, 0.29) is 18.2 Å². The summed E-state index contributed by atoms with van der Waals surface area (Å²) in [6.45, 7) is 1.74. The first-order valence-corrected chi connectivity index (χ1v) is 6.90. The van der Waals surface area contributed by atoms with E-state index in [0.29, 0.717) is 25.2 Å². The van der Waals surface area contributed by atoms with Crippen LogP contribution in [0.25, 0.3) is 0 Å². The van der Waals surface area contributed by atoms with Gasteiger partial charge < -0.3 is 15.7 Å². The molecule has 0 aliphatic carbocycles. The fraction of sp³-hybridized carbons (Fsp3) is 0.467. The lowest BCUT2D eigenvalue weighted by Gasteiger charge is -2.31. The van der Waals surface area contributed by atoms with E-state index in [9.17, 15) is 9.59 Å². The molecular formula is C15H20N2O3. The lowest BCUT2D eigenvalue weighted by molar-refractivity contribution is -0.138. The van der Waals surface area contributed by atoms with Gasteiger partial charge in [0.1, 0.15) is 0 Å². The second-order valence-corrected chi connectivity index (χ2v) is 5.23. The van der Waals surface area contributed by atoms with Gasteiger partial charge in [0.25, 0.3) is 5.91 Å². The van der Waals surface area contributed by atoms with Gasteiger partial charge >= 0.3 is 5.97 Å². The minimum Gasteiger partial charge on any atom is -0.481 e. The number of hydrogen-bond donors (Lipinski definition) is 2. The average Bonchev–Trinajstić information content (AvgIpc) is 2.47. The molecule has 5 nitrogen and oxygen atoms in total. The van der Waals surface area contributed by atoms with Crippen LogP contribution in [0.3, 0.4) is 0 Å². The number of piperidine rings is 1. The third-order valence-corrected chi connectivity index (χ3v) is 3.80. The molecule has 1 aromatic carbocycles. The number of likely N-dealkylation sites (tertiary alicyclic amines) is 1. The van der Waals surface area contributed by atoms with Crippen molar-refractivity contribution in [2.75, 3.05) is 13.1 Å². The van der Waals surface area contributed by atoms with Gasteiger partial charge in [0.2, 0.25) is 0 Å². The Hall–Kier alpha value is -1.88. The van der Waals surface area contributed by atoms with E-state index >= 15 is 0 Å². The summed E-state index contributed by atoms with van der Waals surface area (Å²) in [6, 6.07) is 7.33. The van der Waals surface area contributed by atoms with Crippen molar-refractivity contribution in [2.24, 2.45) is 11.7 Å². The maximum absolute atomic E-state index is 12.3. The predicted molar refractivity (Wildman–Crippen MR) is 75.2 cm³/mol. The largest absolute Gasteiger partial charge is 0.481 e. The number of carboxylic acid groups (broad SMARTS) is 1. The smallest absolute Gasteiger partial charge is 0.303 e. The normalized spacial score (nSPS) is 16.1. The van der Waals surface area contributed by atoms with Crippen molar-refractivity contribution in [2.45, 2.75) is 25.8 Å². The van der Waals surface area contributed by atoms with Crippen molar-refractivity contribution >= 4 is 11.9 Å². The molecule has 1 fully saturated rings. The van der Waals surface area contributed by atoms with Gasteiger partial charge in [-0.25, -0.2) is 0 Å². The van der Waals surface area contributed by atoms with Crippen LogP contribution in [0.4, 0.5) is 0 Å². The minimum atomic E-state index is -0.757. The molecule has 0 radical (unpaired) electrons. The van der Waals surface area contributed by atoms with Crippen LogP contribution in [0.15, 0.2) is 24.3 Å². The molecule has 0 atom stereocenters. The summed E-state index contributed by atoms with van der Waals surface area (Å²) in [5, 5.41) is 8.78. The molecule has 1 saturated heterocycles. The van der Waals surface area contributed by atoms with Gasteiger partial charge in [0, 0.05) is 31.6 Å². The quantitative estimate of drug-likeness (QED) is 0.872. The fourth-order valence-electron chi connectivity index (χ4n) is 2.55. The molecule has 0 saturated carbocycles. The Bertz CT molecular complexity index is 476. The zero-order valence-corrected chi connectivity index (χ0v) is 11.4. The summed E-state index contributed by atoms with van der Waals surface area (Å²) < 4.78 is 0. The zero-order chi connectivity index (χ0) is 14.5. The molecule has 0 aromatic heterocycles. The van der Waals surface area contributed by atoms with E-state index in [0.717, 1.165) is 18.4 Å². The molecule has 2 rings (SSSR count). The van der Waals surface area contributed by atoms with Crippen LogP contribution < -0.4 is 5.73 Å². The van der Waals surface area contributed by atoms with Crippen molar-refractivity contribution < 1.29 is 14.7 Å². The molecule has 3 N–H and O–H groups in total. The predicted octanol–water partition coefficient (Wildman–Crippen LogP) is 1.47. The Morgan fingerprint density at radius 1 is 1.20 bits per heavy atom. The fourth-order valence-corrected chi connectivity index (χ4v) is 2.55. The minimum absolute atomic E-state index is 0.0161. The highest BCUT2D eigenvalue weighted by molar-refractivity contribution is 5.94. The lowest BCUT2D eigenvalue weighted by atomic mass is 9.93. The van der Waals surface area contributed by atoms with E-state index in [4.69, 9.17) is 10.8 Å². The SMILES string of the molecule is NCc1ccc(C(=O)N2CCC(CC(=O)O)CC2)cc1. The van der Waals surface area contributed by atoms with Crippen LogP contribution in [0.5, 0.6) is 0 Å². The highest BCUT2D eigenvalue weighted by atomic mass is 16.4. The molecule has 1 aliphatic rings. The number of nitrogens with zero attached hydrogens (tertiary/aromatic N) is 1. The van der Waals surface area contributed by atoms with Gasteiger partial charge in [0.05, 0.1) is 0 Å². The second kappa shape index (κ2) is 6.52. The zero-order valence-electron chi connectivity index (χ0n) is 11.4. The Morgan fingerprint density at radius 3 is 2.30 bits per heavy atom. The topological polar surface area (TPSA) is 83.6 Å². The molecule has 108 valence electrons. The van der Waals surface area contributed by atoms with E-state index in [1.807, 2.05) is 12.1 Å². The van der Waals surface area contributed by atoms with Gasteiger partial charge in [-0.2, -0.15) is 0 Å². The number of amides is 1. The first kappa shape index (κ1) is 14.5. The Balaban J connectivity index is 1.92. The molecule has 1 heterocycles. The summed E-state index contributed by atoms with van der Waals surface area (Å²) >= 11 is 0. The number of benzene rings is 1. The lowest BCUT2D eigenvalue weighted by Crippen LogP contribution is -2.38. The van der Waals surface area contributed by atoms with E-state index in [2.05, 4.69) is 0 Å². The van der Waals surface area contributed by atoms with Crippen LogP contribution in [-0.4, -0.2) is 35.0 Å². The van der Waals surface area contributed by atoms with Gasteiger partial charge in [-0.3, -0.25) is 9.59 Å². The summed E-state index contributed by atoms with van der Waals surface area (Å²) in [5.41, 5.74) is 7.20. The summed E-state index contributed by atoms with van der Waals surface area (Å²) in [6.07, 6.45) is 1.73. The molecule has 1 aliphatic heterocycles. The molecule has 1 amide bonds. The van der Waals surface area contributed by atoms with Crippen LogP contribution in [0.2, 0.25) is 0 Å². The van der Waals surface area contributed by atoms with Gasteiger partial charge in [-0.15, -0.1) is 0 Å².